The Balaban J connectivity index is 1.93. The molecule has 27 heavy (non-hydrogen) atoms. The van der Waals surface area contributed by atoms with Gasteiger partial charge >= 0.3 is 11.9 Å². The summed E-state index contributed by atoms with van der Waals surface area (Å²) in [5.74, 6) is -1.64. The largest absolute Gasteiger partial charge is 0.458 e. The van der Waals surface area contributed by atoms with Crippen LogP contribution >= 0.6 is 0 Å². The lowest BCUT2D eigenvalue weighted by molar-refractivity contribution is -0.148. The van der Waals surface area contributed by atoms with Gasteiger partial charge < -0.3 is 24.4 Å². The lowest BCUT2D eigenvalue weighted by atomic mass is 9.81. The normalized spacial score (nSPS) is 38.2. The first-order valence-corrected chi connectivity index (χ1v) is 9.15. The van der Waals surface area contributed by atoms with Gasteiger partial charge in [-0.1, -0.05) is 18.2 Å². The zero-order valence-corrected chi connectivity index (χ0v) is 15.6. The van der Waals surface area contributed by atoms with Gasteiger partial charge in [-0.3, -0.25) is 0 Å². The van der Waals surface area contributed by atoms with Crippen LogP contribution in [0.1, 0.15) is 33.1 Å². The third kappa shape index (κ3) is 3.72. The van der Waals surface area contributed by atoms with Gasteiger partial charge in [0.2, 0.25) is 0 Å². The number of esters is 2. The third-order valence-corrected chi connectivity index (χ3v) is 5.61. The van der Waals surface area contributed by atoms with E-state index in [4.69, 9.17) is 19.3 Å². The van der Waals surface area contributed by atoms with Crippen molar-refractivity contribution in [2.24, 2.45) is 5.92 Å². The number of aliphatic hydroxyl groups is 2. The summed E-state index contributed by atoms with van der Waals surface area (Å²) < 4.78 is 17.0. The molecule has 0 spiro atoms. The number of fused-ring (bicyclic) bond motifs is 3. The molecule has 0 radical (unpaired) electrons. The molecule has 0 aromatic carbocycles. The minimum absolute atomic E-state index is 0.166. The summed E-state index contributed by atoms with van der Waals surface area (Å²) in [6.07, 6.45) is 3.43. The summed E-state index contributed by atoms with van der Waals surface area (Å²) in [5.41, 5.74) is 0.812. The number of carbonyl (C=O) groups is 2. The SMILES string of the molecule is C=C1C(=O)O[C@H]2[C@H]1[C@H](OC(=O)/C(C)=C/CO)C/C(C)=C/CC[C@@]1(CO)O[C@H]21. The Hall–Kier alpha value is -1.96. The van der Waals surface area contributed by atoms with Crippen molar-refractivity contribution in [3.05, 3.63) is 35.5 Å². The molecule has 2 fully saturated rings. The van der Waals surface area contributed by atoms with Gasteiger partial charge in [-0.2, -0.15) is 0 Å². The Morgan fingerprint density at radius 1 is 1.48 bits per heavy atom. The number of ether oxygens (including phenoxy) is 3. The fourth-order valence-corrected chi connectivity index (χ4v) is 3.94. The maximum Gasteiger partial charge on any atom is 0.334 e. The summed E-state index contributed by atoms with van der Waals surface area (Å²) in [6, 6.07) is 0. The average molecular weight is 378 g/mol. The molecule has 2 heterocycles. The van der Waals surface area contributed by atoms with E-state index in [2.05, 4.69) is 6.58 Å². The first-order valence-electron chi connectivity index (χ1n) is 9.15. The molecule has 7 nitrogen and oxygen atoms in total. The van der Waals surface area contributed by atoms with Crippen LogP contribution in [-0.4, -0.2) is 59.3 Å². The summed E-state index contributed by atoms with van der Waals surface area (Å²) in [7, 11) is 0. The fourth-order valence-electron chi connectivity index (χ4n) is 3.94. The minimum atomic E-state index is -0.733. The van der Waals surface area contributed by atoms with E-state index in [0.29, 0.717) is 19.3 Å². The van der Waals surface area contributed by atoms with Gasteiger partial charge in [0, 0.05) is 17.6 Å². The molecule has 0 bridgehead atoms. The molecular formula is C20H26O7. The van der Waals surface area contributed by atoms with Gasteiger partial charge in [0.05, 0.1) is 19.1 Å². The molecular weight excluding hydrogens is 352 g/mol. The van der Waals surface area contributed by atoms with Gasteiger partial charge in [0.15, 0.2) is 0 Å². The predicted molar refractivity (Wildman–Crippen MR) is 95.5 cm³/mol. The monoisotopic (exact) mass is 378 g/mol. The van der Waals surface area contributed by atoms with Crippen molar-refractivity contribution in [2.45, 2.75) is 57.0 Å². The van der Waals surface area contributed by atoms with E-state index in [0.717, 1.165) is 5.57 Å². The zero-order chi connectivity index (χ0) is 19.8. The molecule has 3 aliphatic rings. The van der Waals surface area contributed by atoms with Gasteiger partial charge in [-0.25, -0.2) is 9.59 Å². The highest BCUT2D eigenvalue weighted by molar-refractivity contribution is 5.91. The molecule has 0 amide bonds. The standard InChI is InChI=1S/C20H26O7/c1-11-5-4-7-20(10-22)17(27-20)16-15(13(3)19(24)26-16)14(9-11)25-18(23)12(2)6-8-21/h5-6,14-17,21-22H,3-4,7-10H2,1-2H3/b11-5+,12-6+/t14-,15-,16+,17-,20+/m1/s1. The van der Waals surface area contributed by atoms with E-state index in [1.54, 1.807) is 6.92 Å². The topological polar surface area (TPSA) is 106 Å². The molecule has 0 unspecified atom stereocenters. The predicted octanol–water partition coefficient (Wildman–Crippen LogP) is 1.19. The Bertz CT molecular complexity index is 707. The van der Waals surface area contributed by atoms with Crippen LogP contribution in [0.3, 0.4) is 0 Å². The first-order chi connectivity index (χ1) is 12.8. The highest BCUT2D eigenvalue weighted by Crippen LogP contribution is 2.50. The number of carbonyl (C=O) groups excluding carboxylic acids is 2. The smallest absolute Gasteiger partial charge is 0.334 e. The van der Waals surface area contributed by atoms with E-state index in [9.17, 15) is 14.7 Å². The number of rotatable bonds is 4. The van der Waals surface area contributed by atoms with E-state index in [1.807, 2.05) is 13.0 Å². The Kier molecular flexibility index (Phi) is 5.55. The van der Waals surface area contributed by atoms with Crippen LogP contribution in [0.2, 0.25) is 0 Å². The zero-order valence-electron chi connectivity index (χ0n) is 15.6. The lowest BCUT2D eigenvalue weighted by Crippen LogP contribution is -2.39. The van der Waals surface area contributed by atoms with E-state index < -0.39 is 41.8 Å². The quantitative estimate of drug-likeness (QED) is 0.328. The van der Waals surface area contributed by atoms with Crippen LogP contribution in [-0.2, 0) is 23.8 Å². The molecule has 2 N–H and O–H groups in total. The molecule has 148 valence electrons. The molecule has 0 aromatic rings. The van der Waals surface area contributed by atoms with Gasteiger partial charge in [-0.05, 0) is 32.8 Å². The first kappa shape index (κ1) is 19.8. The maximum absolute atomic E-state index is 12.4. The fraction of sp³-hybridized carbons (Fsp3) is 0.600. The van der Waals surface area contributed by atoms with E-state index in [1.165, 1.54) is 6.08 Å². The highest BCUT2D eigenvalue weighted by atomic mass is 16.7. The van der Waals surface area contributed by atoms with Crippen LogP contribution in [0.25, 0.3) is 0 Å². The third-order valence-electron chi connectivity index (χ3n) is 5.61. The lowest BCUT2D eigenvalue weighted by Gasteiger charge is -2.28. The summed E-state index contributed by atoms with van der Waals surface area (Å²) in [6.45, 7) is 6.92. The Morgan fingerprint density at radius 2 is 2.22 bits per heavy atom. The molecule has 5 atom stereocenters. The van der Waals surface area contributed by atoms with Crippen LogP contribution in [0, 0.1) is 5.92 Å². The van der Waals surface area contributed by atoms with Crippen molar-refractivity contribution in [1.82, 2.24) is 0 Å². The summed E-state index contributed by atoms with van der Waals surface area (Å²) >= 11 is 0. The van der Waals surface area contributed by atoms with Crippen molar-refractivity contribution >= 4 is 11.9 Å². The van der Waals surface area contributed by atoms with Crippen LogP contribution < -0.4 is 0 Å². The second-order valence-corrected chi connectivity index (χ2v) is 7.49. The Morgan fingerprint density at radius 3 is 2.89 bits per heavy atom. The molecule has 1 aliphatic carbocycles. The van der Waals surface area contributed by atoms with Crippen molar-refractivity contribution in [3.63, 3.8) is 0 Å². The number of hydrogen-bond acceptors (Lipinski definition) is 7. The number of epoxide rings is 1. The van der Waals surface area contributed by atoms with Crippen molar-refractivity contribution in [2.75, 3.05) is 13.2 Å². The molecule has 2 saturated heterocycles. The van der Waals surface area contributed by atoms with E-state index in [-0.39, 0.29) is 24.4 Å². The molecule has 0 saturated carbocycles. The van der Waals surface area contributed by atoms with Crippen LogP contribution in [0.5, 0.6) is 0 Å². The molecule has 0 aromatic heterocycles. The van der Waals surface area contributed by atoms with Crippen molar-refractivity contribution in [1.29, 1.82) is 0 Å². The second-order valence-electron chi connectivity index (χ2n) is 7.49. The van der Waals surface area contributed by atoms with Crippen LogP contribution in [0.15, 0.2) is 35.5 Å². The number of hydrogen-bond donors (Lipinski definition) is 2. The van der Waals surface area contributed by atoms with Gasteiger partial charge in [-0.15, -0.1) is 0 Å². The Labute approximate surface area is 158 Å². The molecule has 3 rings (SSSR count). The van der Waals surface area contributed by atoms with Crippen molar-refractivity contribution in [3.8, 4) is 0 Å². The molecule has 2 aliphatic heterocycles. The minimum Gasteiger partial charge on any atom is -0.458 e. The van der Waals surface area contributed by atoms with Crippen LogP contribution in [0.4, 0.5) is 0 Å². The van der Waals surface area contributed by atoms with Gasteiger partial charge in [0.1, 0.15) is 23.9 Å². The molecule has 7 heteroatoms. The summed E-state index contributed by atoms with van der Waals surface area (Å²) in [5, 5.41) is 18.8. The van der Waals surface area contributed by atoms with E-state index >= 15 is 0 Å². The van der Waals surface area contributed by atoms with Gasteiger partial charge in [0.25, 0.3) is 0 Å². The summed E-state index contributed by atoms with van der Waals surface area (Å²) in [4.78, 5) is 24.6. The number of allylic oxidation sites excluding steroid dienone is 1. The maximum atomic E-state index is 12.4. The number of aliphatic hydroxyl groups excluding tert-OH is 2. The van der Waals surface area contributed by atoms with Crippen molar-refractivity contribution < 1.29 is 34.0 Å². The highest BCUT2D eigenvalue weighted by Gasteiger charge is 2.65. The average Bonchev–Trinajstić information content (AvgIpc) is 3.27. The second kappa shape index (κ2) is 7.58.